The Morgan fingerprint density at radius 3 is 2.94 bits per heavy atom. The van der Waals surface area contributed by atoms with Crippen LogP contribution >= 0.6 is 0 Å². The highest BCUT2D eigenvalue weighted by Gasteiger charge is 2.25. The standard InChI is InChI=1S/C11H17N3O3S/c1-18(16,17)14-4-2-3-10(6-14)5-13-7-11(8-15)12-9-13/h7-10H,2-6H2,1H3. The molecule has 100 valence electrons. The van der Waals surface area contributed by atoms with Crippen molar-refractivity contribution in [3.8, 4) is 0 Å². The molecule has 0 aliphatic carbocycles. The topological polar surface area (TPSA) is 72.3 Å². The number of hydrogen-bond donors (Lipinski definition) is 0. The Morgan fingerprint density at radius 2 is 2.33 bits per heavy atom. The third-order valence-electron chi connectivity index (χ3n) is 3.19. The number of hydrogen-bond acceptors (Lipinski definition) is 4. The first kappa shape index (κ1) is 13.2. The summed E-state index contributed by atoms with van der Waals surface area (Å²) in [6, 6.07) is 0. The predicted molar refractivity (Wildman–Crippen MR) is 66.8 cm³/mol. The van der Waals surface area contributed by atoms with Gasteiger partial charge >= 0.3 is 0 Å². The van der Waals surface area contributed by atoms with E-state index >= 15 is 0 Å². The van der Waals surface area contributed by atoms with E-state index < -0.39 is 10.0 Å². The van der Waals surface area contributed by atoms with Crippen LogP contribution in [-0.4, -0.2) is 47.9 Å². The molecular weight excluding hydrogens is 254 g/mol. The summed E-state index contributed by atoms with van der Waals surface area (Å²) in [5, 5.41) is 0. The molecule has 1 atom stereocenters. The molecule has 0 aromatic carbocycles. The molecule has 0 radical (unpaired) electrons. The van der Waals surface area contributed by atoms with Gasteiger partial charge in [0.2, 0.25) is 10.0 Å². The van der Waals surface area contributed by atoms with Crippen LogP contribution in [0.2, 0.25) is 0 Å². The molecule has 2 heterocycles. The summed E-state index contributed by atoms with van der Waals surface area (Å²) in [4.78, 5) is 14.5. The summed E-state index contributed by atoms with van der Waals surface area (Å²) >= 11 is 0. The van der Waals surface area contributed by atoms with Crippen molar-refractivity contribution in [2.24, 2.45) is 5.92 Å². The molecule has 1 fully saturated rings. The first-order chi connectivity index (χ1) is 8.49. The van der Waals surface area contributed by atoms with Gasteiger partial charge in [-0.05, 0) is 18.8 Å². The second-order valence-electron chi connectivity index (χ2n) is 4.74. The summed E-state index contributed by atoms with van der Waals surface area (Å²) in [6.07, 6.45) is 7.14. The van der Waals surface area contributed by atoms with E-state index in [9.17, 15) is 13.2 Å². The van der Waals surface area contributed by atoms with Crippen molar-refractivity contribution in [2.75, 3.05) is 19.3 Å². The first-order valence-electron chi connectivity index (χ1n) is 5.91. The van der Waals surface area contributed by atoms with E-state index in [2.05, 4.69) is 4.98 Å². The number of sulfonamides is 1. The molecule has 2 rings (SSSR count). The number of nitrogens with zero attached hydrogens (tertiary/aromatic N) is 3. The fraction of sp³-hybridized carbons (Fsp3) is 0.636. The van der Waals surface area contributed by atoms with Gasteiger partial charge in [-0.1, -0.05) is 0 Å². The molecule has 6 nitrogen and oxygen atoms in total. The van der Waals surface area contributed by atoms with Gasteiger partial charge in [-0.3, -0.25) is 4.79 Å². The molecule has 0 amide bonds. The lowest BCUT2D eigenvalue weighted by atomic mass is 10.00. The molecule has 1 aliphatic heterocycles. The molecule has 1 saturated heterocycles. The van der Waals surface area contributed by atoms with Gasteiger partial charge < -0.3 is 4.57 Å². The summed E-state index contributed by atoms with van der Waals surface area (Å²) in [7, 11) is -3.10. The minimum Gasteiger partial charge on any atom is -0.336 e. The molecule has 1 aromatic rings. The average Bonchev–Trinajstić information content (AvgIpc) is 2.76. The largest absolute Gasteiger partial charge is 0.336 e. The van der Waals surface area contributed by atoms with Crippen molar-refractivity contribution in [1.82, 2.24) is 13.9 Å². The SMILES string of the molecule is CS(=O)(=O)N1CCCC(Cn2cnc(C=O)c2)C1. The Bertz CT molecular complexity index is 523. The van der Waals surface area contributed by atoms with Crippen LogP contribution in [0.1, 0.15) is 23.3 Å². The van der Waals surface area contributed by atoms with E-state index in [4.69, 9.17) is 0 Å². The minimum absolute atomic E-state index is 0.280. The van der Waals surface area contributed by atoms with E-state index in [1.807, 2.05) is 4.57 Å². The minimum atomic E-state index is -3.10. The van der Waals surface area contributed by atoms with Crippen LogP contribution in [0.3, 0.4) is 0 Å². The zero-order valence-corrected chi connectivity index (χ0v) is 11.1. The van der Waals surface area contributed by atoms with Gasteiger partial charge in [0, 0.05) is 25.8 Å². The Balaban J connectivity index is 1.99. The molecular formula is C11H17N3O3S. The summed E-state index contributed by atoms with van der Waals surface area (Å²) in [6.45, 7) is 1.86. The zero-order valence-electron chi connectivity index (χ0n) is 10.3. The predicted octanol–water partition coefficient (Wildman–Crippen LogP) is 0.367. The number of rotatable bonds is 4. The van der Waals surface area contributed by atoms with Gasteiger partial charge in [-0.15, -0.1) is 0 Å². The lowest BCUT2D eigenvalue weighted by molar-refractivity contribution is 0.111. The van der Waals surface area contributed by atoms with E-state index in [1.54, 1.807) is 12.5 Å². The lowest BCUT2D eigenvalue weighted by Gasteiger charge is -2.30. The van der Waals surface area contributed by atoms with Gasteiger partial charge in [0.1, 0.15) is 5.69 Å². The van der Waals surface area contributed by atoms with Gasteiger partial charge in [0.25, 0.3) is 0 Å². The number of imidazole rings is 1. The molecule has 18 heavy (non-hydrogen) atoms. The molecule has 1 aromatic heterocycles. The van der Waals surface area contributed by atoms with Crippen LogP contribution in [0, 0.1) is 5.92 Å². The molecule has 0 N–H and O–H groups in total. The molecule has 0 saturated carbocycles. The number of aldehydes is 1. The van der Waals surface area contributed by atoms with Crippen molar-refractivity contribution < 1.29 is 13.2 Å². The normalized spacial score (nSPS) is 21.9. The second-order valence-corrected chi connectivity index (χ2v) is 6.72. The van der Waals surface area contributed by atoms with Gasteiger partial charge in [-0.2, -0.15) is 0 Å². The van der Waals surface area contributed by atoms with Crippen LogP contribution in [0.15, 0.2) is 12.5 Å². The van der Waals surface area contributed by atoms with Gasteiger partial charge in [-0.25, -0.2) is 17.7 Å². The van der Waals surface area contributed by atoms with Crippen LogP contribution < -0.4 is 0 Å². The number of carbonyl (C=O) groups is 1. The third-order valence-corrected chi connectivity index (χ3v) is 4.46. The van der Waals surface area contributed by atoms with E-state index in [0.29, 0.717) is 31.6 Å². The third kappa shape index (κ3) is 3.17. The Hall–Kier alpha value is -1.21. The van der Waals surface area contributed by atoms with E-state index in [1.165, 1.54) is 10.6 Å². The van der Waals surface area contributed by atoms with Crippen molar-refractivity contribution in [3.05, 3.63) is 18.2 Å². The van der Waals surface area contributed by atoms with Gasteiger partial charge in [0.05, 0.1) is 12.6 Å². The van der Waals surface area contributed by atoms with Crippen molar-refractivity contribution in [1.29, 1.82) is 0 Å². The van der Waals surface area contributed by atoms with Gasteiger partial charge in [0.15, 0.2) is 6.29 Å². The molecule has 1 aliphatic rings. The van der Waals surface area contributed by atoms with E-state index in [-0.39, 0.29) is 5.92 Å². The average molecular weight is 271 g/mol. The fourth-order valence-electron chi connectivity index (χ4n) is 2.31. The molecule has 0 spiro atoms. The Kier molecular flexibility index (Phi) is 3.82. The van der Waals surface area contributed by atoms with E-state index in [0.717, 1.165) is 12.8 Å². The highest BCUT2D eigenvalue weighted by molar-refractivity contribution is 7.88. The number of piperidine rings is 1. The highest BCUT2D eigenvalue weighted by Crippen LogP contribution is 2.20. The molecule has 7 heteroatoms. The first-order valence-corrected chi connectivity index (χ1v) is 7.76. The van der Waals surface area contributed by atoms with Crippen molar-refractivity contribution in [2.45, 2.75) is 19.4 Å². The Labute approximate surface area is 107 Å². The maximum atomic E-state index is 11.5. The highest BCUT2D eigenvalue weighted by atomic mass is 32.2. The van der Waals surface area contributed by atoms with Crippen molar-refractivity contribution >= 4 is 16.3 Å². The fourth-order valence-corrected chi connectivity index (χ4v) is 3.26. The number of carbonyl (C=O) groups excluding carboxylic acids is 1. The summed E-state index contributed by atoms with van der Waals surface area (Å²) in [5.74, 6) is 0.280. The maximum Gasteiger partial charge on any atom is 0.211 e. The molecule has 1 unspecified atom stereocenters. The van der Waals surface area contributed by atoms with Crippen LogP contribution in [-0.2, 0) is 16.6 Å². The quantitative estimate of drug-likeness (QED) is 0.742. The maximum absolute atomic E-state index is 11.5. The van der Waals surface area contributed by atoms with Crippen LogP contribution in [0.25, 0.3) is 0 Å². The lowest BCUT2D eigenvalue weighted by Crippen LogP contribution is -2.40. The summed E-state index contributed by atoms with van der Waals surface area (Å²) < 4.78 is 26.4. The monoisotopic (exact) mass is 271 g/mol. The summed E-state index contributed by atoms with van der Waals surface area (Å²) in [5.41, 5.74) is 0.408. The zero-order chi connectivity index (χ0) is 13.2. The van der Waals surface area contributed by atoms with Crippen LogP contribution in [0.4, 0.5) is 0 Å². The van der Waals surface area contributed by atoms with Crippen molar-refractivity contribution in [3.63, 3.8) is 0 Å². The molecule has 0 bridgehead atoms. The second kappa shape index (κ2) is 5.19. The smallest absolute Gasteiger partial charge is 0.211 e. The number of aromatic nitrogens is 2. The van der Waals surface area contributed by atoms with Crippen LogP contribution in [0.5, 0.6) is 0 Å². The Morgan fingerprint density at radius 1 is 1.56 bits per heavy atom.